The molecule has 1 unspecified atom stereocenters. The first-order valence-electron chi connectivity index (χ1n) is 3.75. The van der Waals surface area contributed by atoms with Crippen molar-refractivity contribution in [1.29, 1.82) is 0 Å². The Hall–Kier alpha value is -1.23. The Balaban J connectivity index is 2.66. The van der Waals surface area contributed by atoms with E-state index in [-0.39, 0.29) is 0 Å². The lowest BCUT2D eigenvalue weighted by atomic mass is 10.1. The first-order valence-corrected chi connectivity index (χ1v) is 5.85. The Morgan fingerprint density at radius 1 is 1.54 bits per heavy atom. The minimum Gasteiger partial charge on any atom is -0.266 e. The molecular weight excluding hydrogens is 188 g/mol. The van der Waals surface area contributed by atoms with E-state index in [4.69, 9.17) is 0 Å². The molecule has 1 amide bonds. The van der Waals surface area contributed by atoms with Crippen molar-refractivity contribution in [3.05, 3.63) is 29.6 Å². The molecule has 0 saturated carbocycles. The molecule has 1 aliphatic heterocycles. The summed E-state index contributed by atoms with van der Waals surface area (Å²) in [5.74, 6) is -0.0711. The van der Waals surface area contributed by atoms with E-state index in [9.17, 15) is 9.00 Å². The van der Waals surface area contributed by atoms with Gasteiger partial charge in [-0.3, -0.25) is 9.78 Å². The van der Waals surface area contributed by atoms with Gasteiger partial charge in [0, 0.05) is 24.2 Å². The van der Waals surface area contributed by atoms with Gasteiger partial charge in [0.25, 0.3) is 5.91 Å². The van der Waals surface area contributed by atoms with Gasteiger partial charge in [0.2, 0.25) is 0 Å². The van der Waals surface area contributed by atoms with Crippen LogP contribution in [0.2, 0.25) is 0 Å². The lowest BCUT2D eigenvalue weighted by Crippen LogP contribution is -2.15. The third-order valence-corrected chi connectivity index (χ3v) is 3.23. The zero-order valence-corrected chi connectivity index (χ0v) is 7.87. The largest absolute Gasteiger partial charge is 0.285 e. The molecule has 1 atom stereocenters. The summed E-state index contributed by atoms with van der Waals surface area (Å²) in [5.41, 5.74) is 1.26. The molecule has 1 aromatic rings. The smallest absolute Gasteiger partial charge is 0.266 e. The highest BCUT2D eigenvalue weighted by molar-refractivity contribution is 7.92. The van der Waals surface area contributed by atoms with Crippen LogP contribution >= 0.6 is 0 Å². The van der Waals surface area contributed by atoms with Crippen LogP contribution in [-0.4, -0.2) is 21.4 Å². The average Bonchev–Trinajstić information content (AvgIpc) is 2.02. The summed E-state index contributed by atoms with van der Waals surface area (Å²) in [6.07, 6.45) is 4.60. The van der Waals surface area contributed by atoms with Crippen molar-refractivity contribution in [3.63, 3.8) is 0 Å². The van der Waals surface area contributed by atoms with E-state index in [0.717, 1.165) is 5.56 Å². The molecule has 0 radical (unpaired) electrons. The molecule has 0 saturated heterocycles. The summed E-state index contributed by atoms with van der Waals surface area (Å²) in [6, 6.07) is 1.61. The van der Waals surface area contributed by atoms with Crippen molar-refractivity contribution in [2.75, 3.05) is 6.26 Å². The maximum Gasteiger partial charge on any atom is 0.285 e. The summed E-state index contributed by atoms with van der Waals surface area (Å²) in [7, 11) is -2.36. The number of carbonyl (C=O) groups excluding carboxylic acids is 1. The highest BCUT2D eigenvalue weighted by atomic mass is 32.2. The lowest BCUT2D eigenvalue weighted by Gasteiger charge is -2.12. The van der Waals surface area contributed by atoms with E-state index in [2.05, 4.69) is 9.35 Å². The molecular formula is C8H8N2O2S. The van der Waals surface area contributed by atoms with Gasteiger partial charge in [-0.2, -0.15) is 4.36 Å². The van der Waals surface area contributed by atoms with Crippen LogP contribution in [-0.2, 0) is 15.5 Å². The zero-order valence-electron chi connectivity index (χ0n) is 7.06. The molecule has 2 heterocycles. The summed E-state index contributed by atoms with van der Waals surface area (Å²) < 4.78 is 15.2. The molecule has 13 heavy (non-hydrogen) atoms. The number of hydrogen-bond donors (Lipinski definition) is 0. The number of hydrogen-bond acceptors (Lipinski definition) is 3. The Morgan fingerprint density at radius 3 is 3.08 bits per heavy atom. The predicted molar refractivity (Wildman–Crippen MR) is 48.8 cm³/mol. The van der Waals surface area contributed by atoms with Crippen LogP contribution in [0.25, 0.3) is 0 Å². The van der Waals surface area contributed by atoms with Crippen molar-refractivity contribution < 1.29 is 9.00 Å². The van der Waals surface area contributed by atoms with Gasteiger partial charge in [-0.1, -0.05) is 0 Å². The fraction of sp³-hybridized carbons (Fsp3) is 0.250. The fourth-order valence-corrected chi connectivity index (χ4v) is 2.62. The van der Waals surface area contributed by atoms with Crippen LogP contribution in [0.4, 0.5) is 0 Å². The number of carbonyl (C=O) groups is 1. The average molecular weight is 196 g/mol. The molecule has 0 fully saturated rings. The summed E-state index contributed by atoms with van der Waals surface area (Å²) in [4.78, 5) is 15.2. The number of amides is 1. The maximum absolute atomic E-state index is 11.6. The van der Waals surface area contributed by atoms with Gasteiger partial charge in [0.15, 0.2) is 0 Å². The van der Waals surface area contributed by atoms with Gasteiger partial charge in [-0.15, -0.1) is 0 Å². The van der Waals surface area contributed by atoms with E-state index in [1.165, 1.54) is 12.5 Å². The van der Waals surface area contributed by atoms with E-state index in [0.29, 0.717) is 11.3 Å². The van der Waals surface area contributed by atoms with Gasteiger partial charge in [-0.05, 0) is 11.6 Å². The number of pyridine rings is 1. The SMILES string of the molecule is CS1(=O)=NC(=O)c2ccncc2C1. The van der Waals surface area contributed by atoms with Gasteiger partial charge in [0.05, 0.1) is 15.5 Å². The van der Waals surface area contributed by atoms with Crippen LogP contribution in [0, 0.1) is 0 Å². The van der Waals surface area contributed by atoms with E-state index in [1.807, 2.05) is 0 Å². The topological polar surface area (TPSA) is 59.4 Å². The second-order valence-electron chi connectivity index (χ2n) is 3.03. The highest BCUT2D eigenvalue weighted by Gasteiger charge is 2.20. The molecule has 0 bridgehead atoms. The molecule has 68 valence electrons. The Bertz CT molecular complexity index is 487. The first kappa shape index (κ1) is 8.37. The maximum atomic E-state index is 11.6. The molecule has 4 nitrogen and oxygen atoms in total. The third-order valence-electron chi connectivity index (χ3n) is 1.83. The van der Waals surface area contributed by atoms with Crippen molar-refractivity contribution in [1.82, 2.24) is 4.98 Å². The normalized spacial score (nSPS) is 26.4. The standard InChI is InChI=1S/C8H8N2O2S/c1-13(12)5-6-4-9-3-2-7(6)8(11)10-13/h2-4H,5H2,1H3. The van der Waals surface area contributed by atoms with Crippen molar-refractivity contribution >= 4 is 15.6 Å². The quantitative estimate of drug-likeness (QED) is 0.617. The monoisotopic (exact) mass is 196 g/mol. The fourth-order valence-electron chi connectivity index (χ4n) is 1.30. The van der Waals surface area contributed by atoms with Crippen molar-refractivity contribution in [2.45, 2.75) is 5.75 Å². The molecule has 0 aliphatic carbocycles. The minimum absolute atomic E-state index is 0.321. The molecule has 0 aromatic carbocycles. The highest BCUT2D eigenvalue weighted by Crippen LogP contribution is 2.18. The van der Waals surface area contributed by atoms with E-state index in [1.54, 1.807) is 12.3 Å². The molecule has 2 rings (SSSR count). The van der Waals surface area contributed by atoms with Gasteiger partial charge < -0.3 is 0 Å². The second-order valence-corrected chi connectivity index (χ2v) is 5.42. The molecule has 0 N–H and O–H groups in total. The minimum atomic E-state index is -2.36. The Labute approximate surface area is 76.2 Å². The molecule has 1 aromatic heterocycles. The number of rotatable bonds is 0. The summed E-state index contributed by atoms with van der Waals surface area (Å²) >= 11 is 0. The lowest BCUT2D eigenvalue weighted by molar-refractivity contribution is 0.100. The second kappa shape index (κ2) is 2.63. The molecule has 1 aliphatic rings. The third kappa shape index (κ3) is 1.47. The van der Waals surface area contributed by atoms with Gasteiger partial charge >= 0.3 is 0 Å². The van der Waals surface area contributed by atoms with Crippen LogP contribution < -0.4 is 0 Å². The van der Waals surface area contributed by atoms with E-state index >= 15 is 0 Å². The Kier molecular flexibility index (Phi) is 1.69. The Morgan fingerprint density at radius 2 is 2.31 bits per heavy atom. The van der Waals surface area contributed by atoms with Crippen LogP contribution in [0.3, 0.4) is 0 Å². The molecule has 0 spiro atoms. The summed E-state index contributed by atoms with van der Waals surface area (Å²) in [5, 5.41) is 0. The number of nitrogens with zero attached hydrogens (tertiary/aromatic N) is 2. The van der Waals surface area contributed by atoms with Crippen LogP contribution in [0.15, 0.2) is 22.8 Å². The zero-order chi connectivity index (χ0) is 9.47. The van der Waals surface area contributed by atoms with Crippen LogP contribution in [0.1, 0.15) is 15.9 Å². The van der Waals surface area contributed by atoms with Crippen molar-refractivity contribution in [2.24, 2.45) is 4.36 Å². The summed E-state index contributed by atoms with van der Waals surface area (Å²) in [6.45, 7) is 0. The first-order chi connectivity index (χ1) is 6.08. The van der Waals surface area contributed by atoms with E-state index < -0.39 is 15.6 Å². The van der Waals surface area contributed by atoms with Crippen LogP contribution in [0.5, 0.6) is 0 Å². The number of fused-ring (bicyclic) bond motifs is 1. The van der Waals surface area contributed by atoms with Crippen molar-refractivity contribution in [3.8, 4) is 0 Å². The predicted octanol–water partition coefficient (Wildman–Crippen LogP) is 0.833. The molecule has 5 heteroatoms. The number of aromatic nitrogens is 1. The van der Waals surface area contributed by atoms with Gasteiger partial charge in [-0.25, -0.2) is 4.21 Å². The van der Waals surface area contributed by atoms with Gasteiger partial charge in [0.1, 0.15) is 0 Å².